The average Bonchev–Trinajstić information content (AvgIpc) is 2.19. The highest BCUT2D eigenvalue weighted by Gasteiger charge is 2.15. The van der Waals surface area contributed by atoms with Crippen molar-refractivity contribution in [1.29, 1.82) is 0 Å². The summed E-state index contributed by atoms with van der Waals surface area (Å²) in [5.74, 6) is 4.92. The van der Waals surface area contributed by atoms with Gasteiger partial charge in [0.1, 0.15) is 11.2 Å². The van der Waals surface area contributed by atoms with Crippen LogP contribution >= 0.6 is 0 Å². The number of hydrogen-bond acceptors (Lipinski definition) is 0. The van der Waals surface area contributed by atoms with E-state index in [0.717, 1.165) is 5.75 Å². The second-order valence-corrected chi connectivity index (χ2v) is 3.79. The minimum atomic E-state index is 0.456. The highest BCUT2D eigenvalue weighted by molar-refractivity contribution is 8.00. The standard InChI is InChI=1S/C7H9S/c1-2-5-8-6-3-4-7-8/h1,3,6H,4-5,7H2/q+1. The van der Waals surface area contributed by atoms with E-state index in [1.54, 1.807) is 0 Å². The molecular weight excluding hydrogens is 116 g/mol. The van der Waals surface area contributed by atoms with Gasteiger partial charge in [0.2, 0.25) is 0 Å². The maximum Gasteiger partial charge on any atom is 0.172 e. The van der Waals surface area contributed by atoms with Gasteiger partial charge >= 0.3 is 0 Å². The van der Waals surface area contributed by atoms with Crippen molar-refractivity contribution in [3.8, 4) is 12.3 Å². The molecule has 1 heteroatoms. The zero-order valence-corrected chi connectivity index (χ0v) is 5.58. The van der Waals surface area contributed by atoms with Crippen molar-refractivity contribution in [3.63, 3.8) is 0 Å². The molecule has 0 saturated carbocycles. The fourth-order valence-electron chi connectivity index (χ4n) is 0.719. The smallest absolute Gasteiger partial charge is 0.115 e. The second-order valence-electron chi connectivity index (χ2n) is 1.75. The molecule has 0 amide bonds. The molecule has 0 radical (unpaired) electrons. The van der Waals surface area contributed by atoms with Gasteiger partial charge in [-0.3, -0.25) is 0 Å². The first-order chi connectivity index (χ1) is 3.93. The first-order valence-electron chi connectivity index (χ1n) is 2.70. The van der Waals surface area contributed by atoms with Crippen LogP contribution in [0.25, 0.3) is 0 Å². The molecule has 42 valence electrons. The van der Waals surface area contributed by atoms with Gasteiger partial charge in [0.05, 0.1) is 0 Å². The van der Waals surface area contributed by atoms with Gasteiger partial charge in [-0.05, 0) is 6.08 Å². The summed E-state index contributed by atoms with van der Waals surface area (Å²) < 4.78 is 0. The fraction of sp³-hybridized carbons (Fsp3) is 0.429. The molecule has 0 fully saturated rings. The van der Waals surface area contributed by atoms with Crippen LogP contribution < -0.4 is 0 Å². The monoisotopic (exact) mass is 125 g/mol. The highest BCUT2D eigenvalue weighted by atomic mass is 32.2. The molecule has 1 atom stereocenters. The Hall–Kier alpha value is -0.350. The Morgan fingerprint density at radius 2 is 2.62 bits per heavy atom. The van der Waals surface area contributed by atoms with Crippen LogP contribution in [0.15, 0.2) is 11.5 Å². The average molecular weight is 125 g/mol. The van der Waals surface area contributed by atoms with Crippen molar-refractivity contribution in [2.45, 2.75) is 6.42 Å². The van der Waals surface area contributed by atoms with Gasteiger partial charge in [0.25, 0.3) is 0 Å². The first-order valence-corrected chi connectivity index (χ1v) is 4.32. The van der Waals surface area contributed by atoms with E-state index in [-0.39, 0.29) is 0 Å². The molecule has 1 rings (SSSR count). The molecule has 0 spiro atoms. The minimum absolute atomic E-state index is 0.456. The van der Waals surface area contributed by atoms with Gasteiger partial charge in [0, 0.05) is 17.3 Å². The molecular formula is C7H9S+. The molecule has 0 saturated heterocycles. The Balaban J connectivity index is 2.28. The number of rotatable bonds is 1. The van der Waals surface area contributed by atoms with Gasteiger partial charge in [-0.1, -0.05) is 5.92 Å². The van der Waals surface area contributed by atoms with E-state index >= 15 is 0 Å². The topological polar surface area (TPSA) is 0 Å². The zero-order chi connectivity index (χ0) is 5.82. The van der Waals surface area contributed by atoms with Crippen molar-refractivity contribution < 1.29 is 0 Å². The Morgan fingerprint density at radius 1 is 1.75 bits per heavy atom. The van der Waals surface area contributed by atoms with Crippen molar-refractivity contribution in [1.82, 2.24) is 0 Å². The first kappa shape index (κ1) is 5.78. The van der Waals surface area contributed by atoms with E-state index in [9.17, 15) is 0 Å². The van der Waals surface area contributed by atoms with Crippen LogP contribution in [0.5, 0.6) is 0 Å². The predicted molar refractivity (Wildman–Crippen MR) is 39.7 cm³/mol. The molecule has 0 aromatic rings. The number of terminal acetylenes is 1. The summed E-state index contributed by atoms with van der Waals surface area (Å²) in [6.07, 6.45) is 8.59. The summed E-state index contributed by atoms with van der Waals surface area (Å²) >= 11 is 0. The third kappa shape index (κ3) is 1.31. The molecule has 1 aliphatic rings. The Bertz CT molecular complexity index is 130. The van der Waals surface area contributed by atoms with Gasteiger partial charge in [-0.15, -0.1) is 6.42 Å². The van der Waals surface area contributed by atoms with Crippen molar-refractivity contribution in [2.75, 3.05) is 11.5 Å². The summed E-state index contributed by atoms with van der Waals surface area (Å²) in [5, 5.41) is 2.25. The molecule has 1 unspecified atom stereocenters. The molecule has 0 aromatic heterocycles. The predicted octanol–water partition coefficient (Wildman–Crippen LogP) is 1.16. The quantitative estimate of drug-likeness (QED) is 0.364. The third-order valence-corrected chi connectivity index (χ3v) is 2.98. The number of hydrogen-bond donors (Lipinski definition) is 0. The second kappa shape index (κ2) is 2.84. The molecule has 0 N–H and O–H groups in total. The van der Waals surface area contributed by atoms with Gasteiger partial charge in [-0.2, -0.15) is 0 Å². The van der Waals surface area contributed by atoms with E-state index < -0.39 is 0 Å². The van der Waals surface area contributed by atoms with E-state index in [1.165, 1.54) is 12.2 Å². The van der Waals surface area contributed by atoms with E-state index in [0.29, 0.717) is 10.9 Å². The van der Waals surface area contributed by atoms with Crippen LogP contribution in [0.4, 0.5) is 0 Å². The van der Waals surface area contributed by atoms with Crippen molar-refractivity contribution in [2.24, 2.45) is 0 Å². The maximum absolute atomic E-state index is 5.13. The highest BCUT2D eigenvalue weighted by Crippen LogP contribution is 2.09. The third-order valence-electron chi connectivity index (χ3n) is 1.10. The zero-order valence-electron chi connectivity index (χ0n) is 4.76. The van der Waals surface area contributed by atoms with Crippen LogP contribution in [-0.2, 0) is 10.9 Å². The lowest BCUT2D eigenvalue weighted by molar-refractivity contribution is 1.27. The van der Waals surface area contributed by atoms with E-state index in [1.807, 2.05) is 0 Å². The summed E-state index contributed by atoms with van der Waals surface area (Å²) in [7, 11) is 0.456. The lowest BCUT2D eigenvalue weighted by Crippen LogP contribution is -2.01. The van der Waals surface area contributed by atoms with Crippen LogP contribution in [-0.4, -0.2) is 11.5 Å². The molecule has 8 heavy (non-hydrogen) atoms. The summed E-state index contributed by atoms with van der Waals surface area (Å²) in [6, 6.07) is 0. The van der Waals surface area contributed by atoms with E-state index in [4.69, 9.17) is 6.42 Å². The Morgan fingerprint density at radius 3 is 3.12 bits per heavy atom. The molecule has 1 heterocycles. The van der Waals surface area contributed by atoms with Gasteiger partial charge < -0.3 is 0 Å². The normalized spacial score (nSPS) is 25.6. The lowest BCUT2D eigenvalue weighted by Gasteiger charge is -1.87. The Labute approximate surface area is 53.3 Å². The lowest BCUT2D eigenvalue weighted by atomic mass is 10.5. The van der Waals surface area contributed by atoms with Crippen LogP contribution in [0, 0.1) is 12.3 Å². The van der Waals surface area contributed by atoms with Crippen LogP contribution in [0.2, 0.25) is 0 Å². The summed E-state index contributed by atoms with van der Waals surface area (Å²) in [5.41, 5.74) is 0. The minimum Gasteiger partial charge on any atom is -0.115 e. The molecule has 0 nitrogen and oxygen atoms in total. The summed E-state index contributed by atoms with van der Waals surface area (Å²) in [6.45, 7) is 0. The van der Waals surface area contributed by atoms with E-state index in [2.05, 4.69) is 17.4 Å². The van der Waals surface area contributed by atoms with Crippen LogP contribution in [0.1, 0.15) is 6.42 Å². The fourth-order valence-corrected chi connectivity index (χ4v) is 2.16. The SMILES string of the molecule is C#CC[S+]1C=CCC1. The maximum atomic E-state index is 5.13. The molecule has 0 aliphatic carbocycles. The largest absolute Gasteiger partial charge is 0.172 e. The molecule has 0 bridgehead atoms. The number of allylic oxidation sites excluding steroid dienone is 1. The molecule has 1 aliphatic heterocycles. The van der Waals surface area contributed by atoms with Gasteiger partial charge in [-0.25, -0.2) is 0 Å². The van der Waals surface area contributed by atoms with Crippen molar-refractivity contribution in [3.05, 3.63) is 11.5 Å². The van der Waals surface area contributed by atoms with Crippen molar-refractivity contribution >= 4 is 10.9 Å². The Kier molecular flexibility index (Phi) is 2.05. The molecule has 0 aromatic carbocycles. The summed E-state index contributed by atoms with van der Waals surface area (Å²) in [4.78, 5) is 0. The van der Waals surface area contributed by atoms with Crippen LogP contribution in [0.3, 0.4) is 0 Å². The van der Waals surface area contributed by atoms with Gasteiger partial charge in [0.15, 0.2) is 5.75 Å².